The van der Waals surface area contributed by atoms with Gasteiger partial charge < -0.3 is 10.6 Å². The Morgan fingerprint density at radius 2 is 2.00 bits per heavy atom. The summed E-state index contributed by atoms with van der Waals surface area (Å²) < 4.78 is 0. The van der Waals surface area contributed by atoms with Crippen LogP contribution in [0, 0.1) is 6.92 Å². The van der Waals surface area contributed by atoms with Gasteiger partial charge in [0.05, 0.1) is 0 Å². The van der Waals surface area contributed by atoms with Gasteiger partial charge in [-0.2, -0.15) is 0 Å². The highest BCUT2D eigenvalue weighted by atomic mass is 35.5. The quantitative estimate of drug-likeness (QED) is 0.849. The van der Waals surface area contributed by atoms with E-state index in [4.69, 9.17) is 5.73 Å². The average molecular weight is 297 g/mol. The molecule has 20 heavy (non-hydrogen) atoms. The Bertz CT molecular complexity index is 419. The molecule has 0 unspecified atom stereocenters. The molecular weight excluding hydrogens is 272 g/mol. The second-order valence-corrected chi connectivity index (χ2v) is 5.58. The Balaban J connectivity index is 0.00000200. The molecule has 0 bridgehead atoms. The number of halogens is 1. The van der Waals surface area contributed by atoms with Crippen LogP contribution in [-0.2, 0) is 11.2 Å². The average Bonchev–Trinajstić information content (AvgIpc) is 2.83. The molecule has 1 fully saturated rings. The maximum Gasteiger partial charge on any atom is 0.222 e. The molecule has 0 aromatic heterocycles. The van der Waals surface area contributed by atoms with Crippen LogP contribution in [0.15, 0.2) is 24.3 Å². The van der Waals surface area contributed by atoms with Crippen LogP contribution >= 0.6 is 12.4 Å². The van der Waals surface area contributed by atoms with Crippen molar-refractivity contribution in [2.75, 3.05) is 13.1 Å². The summed E-state index contributed by atoms with van der Waals surface area (Å²) in [6.07, 6.45) is 4.73. The third-order valence-electron chi connectivity index (χ3n) is 3.80. The normalized spacial score (nSPS) is 17.9. The van der Waals surface area contributed by atoms with E-state index in [1.807, 2.05) is 4.90 Å². The van der Waals surface area contributed by atoms with Gasteiger partial charge in [0, 0.05) is 25.6 Å². The maximum atomic E-state index is 11.9. The third kappa shape index (κ3) is 5.14. The van der Waals surface area contributed by atoms with Crippen molar-refractivity contribution >= 4 is 18.3 Å². The molecule has 1 amide bonds. The summed E-state index contributed by atoms with van der Waals surface area (Å²) in [5, 5.41) is 0. The molecular formula is C16H25ClN2O. The lowest BCUT2D eigenvalue weighted by Gasteiger charge is -2.15. The van der Waals surface area contributed by atoms with Crippen LogP contribution in [0.2, 0.25) is 0 Å². The van der Waals surface area contributed by atoms with E-state index in [9.17, 15) is 4.79 Å². The van der Waals surface area contributed by atoms with Crippen LogP contribution in [0.4, 0.5) is 0 Å². The lowest BCUT2D eigenvalue weighted by molar-refractivity contribution is -0.130. The fourth-order valence-electron chi connectivity index (χ4n) is 2.53. The Kier molecular flexibility index (Phi) is 7.03. The van der Waals surface area contributed by atoms with Gasteiger partial charge in [0.1, 0.15) is 0 Å². The number of rotatable bonds is 5. The number of hydrogen-bond donors (Lipinski definition) is 1. The minimum atomic E-state index is 0. The molecule has 112 valence electrons. The Labute approximate surface area is 127 Å². The highest BCUT2D eigenvalue weighted by molar-refractivity contribution is 5.85. The molecule has 2 rings (SSSR count). The van der Waals surface area contributed by atoms with E-state index >= 15 is 0 Å². The topological polar surface area (TPSA) is 46.3 Å². The second-order valence-electron chi connectivity index (χ2n) is 5.58. The van der Waals surface area contributed by atoms with Crippen LogP contribution < -0.4 is 5.73 Å². The third-order valence-corrected chi connectivity index (χ3v) is 3.80. The van der Waals surface area contributed by atoms with Crippen LogP contribution in [0.3, 0.4) is 0 Å². The van der Waals surface area contributed by atoms with Crippen molar-refractivity contribution in [3.8, 4) is 0 Å². The maximum absolute atomic E-state index is 11.9. The zero-order valence-corrected chi connectivity index (χ0v) is 13.0. The van der Waals surface area contributed by atoms with Crippen molar-refractivity contribution in [2.45, 2.75) is 45.1 Å². The van der Waals surface area contributed by atoms with Gasteiger partial charge in [-0.1, -0.05) is 29.8 Å². The zero-order valence-electron chi connectivity index (χ0n) is 12.2. The highest BCUT2D eigenvalue weighted by Crippen LogP contribution is 2.12. The van der Waals surface area contributed by atoms with Crippen LogP contribution in [-0.4, -0.2) is 29.9 Å². The van der Waals surface area contributed by atoms with E-state index in [0.717, 1.165) is 38.8 Å². The highest BCUT2D eigenvalue weighted by Gasteiger charge is 2.22. The summed E-state index contributed by atoms with van der Waals surface area (Å²) in [5.41, 5.74) is 8.47. The van der Waals surface area contributed by atoms with Gasteiger partial charge in [0.25, 0.3) is 0 Å². The van der Waals surface area contributed by atoms with Gasteiger partial charge in [-0.3, -0.25) is 4.79 Å². The summed E-state index contributed by atoms with van der Waals surface area (Å²) in [7, 11) is 0. The van der Waals surface area contributed by atoms with Crippen molar-refractivity contribution in [3.05, 3.63) is 35.4 Å². The van der Waals surface area contributed by atoms with Gasteiger partial charge in [0.2, 0.25) is 5.91 Å². The predicted molar refractivity (Wildman–Crippen MR) is 85.2 cm³/mol. The minimum absolute atomic E-state index is 0. The number of unbranched alkanes of at least 4 members (excludes halogenated alkanes) is 1. The Morgan fingerprint density at radius 1 is 1.30 bits per heavy atom. The van der Waals surface area contributed by atoms with Gasteiger partial charge >= 0.3 is 0 Å². The number of carbonyl (C=O) groups is 1. The number of nitrogens with two attached hydrogens (primary N) is 1. The summed E-state index contributed by atoms with van der Waals surface area (Å²) in [5.74, 6) is 0.275. The van der Waals surface area contributed by atoms with Crippen molar-refractivity contribution in [1.29, 1.82) is 0 Å². The molecule has 1 aromatic carbocycles. The summed E-state index contributed by atoms with van der Waals surface area (Å²) in [6.45, 7) is 3.69. The Morgan fingerprint density at radius 3 is 2.60 bits per heavy atom. The van der Waals surface area contributed by atoms with Gasteiger partial charge in [-0.25, -0.2) is 0 Å². The number of nitrogens with zero attached hydrogens (tertiary/aromatic N) is 1. The molecule has 2 N–H and O–H groups in total. The number of likely N-dealkylation sites (tertiary alicyclic amines) is 1. The van der Waals surface area contributed by atoms with Gasteiger partial charge in [0.15, 0.2) is 0 Å². The summed E-state index contributed by atoms with van der Waals surface area (Å²) >= 11 is 0. The lowest BCUT2D eigenvalue weighted by atomic mass is 10.1. The number of carbonyl (C=O) groups excluding carboxylic acids is 1. The van der Waals surface area contributed by atoms with E-state index in [1.54, 1.807) is 0 Å². The predicted octanol–water partition coefficient (Wildman–Crippen LogP) is 2.69. The molecule has 0 aliphatic carbocycles. The molecule has 0 saturated carbocycles. The summed E-state index contributed by atoms with van der Waals surface area (Å²) in [4.78, 5) is 13.8. The first-order valence-corrected chi connectivity index (χ1v) is 7.24. The van der Waals surface area contributed by atoms with Gasteiger partial charge in [-0.15, -0.1) is 12.4 Å². The SMILES string of the molecule is Cc1ccc(CCCCC(=O)N2CC[C@@H](N)C2)cc1.Cl. The molecule has 4 heteroatoms. The molecule has 0 radical (unpaired) electrons. The van der Waals surface area contributed by atoms with E-state index in [2.05, 4.69) is 31.2 Å². The number of benzene rings is 1. The van der Waals surface area contributed by atoms with Gasteiger partial charge in [-0.05, 0) is 38.2 Å². The fraction of sp³-hybridized carbons (Fsp3) is 0.562. The first kappa shape index (κ1) is 17.0. The molecule has 1 aliphatic heterocycles. The number of hydrogen-bond acceptors (Lipinski definition) is 2. The first-order valence-electron chi connectivity index (χ1n) is 7.24. The van der Waals surface area contributed by atoms with E-state index in [1.165, 1.54) is 11.1 Å². The van der Waals surface area contributed by atoms with Crippen molar-refractivity contribution in [3.63, 3.8) is 0 Å². The number of aryl methyl sites for hydroxylation is 2. The molecule has 0 spiro atoms. The van der Waals surface area contributed by atoms with E-state index in [0.29, 0.717) is 6.42 Å². The van der Waals surface area contributed by atoms with Crippen molar-refractivity contribution < 1.29 is 4.79 Å². The smallest absolute Gasteiger partial charge is 0.222 e. The zero-order chi connectivity index (χ0) is 13.7. The van der Waals surface area contributed by atoms with Crippen molar-refractivity contribution in [1.82, 2.24) is 4.90 Å². The largest absolute Gasteiger partial charge is 0.341 e. The molecule has 1 aromatic rings. The standard InChI is InChI=1S/C16H24N2O.ClH/c1-13-6-8-14(9-7-13)4-2-3-5-16(19)18-11-10-15(17)12-18;/h6-9,15H,2-5,10-12,17H2,1H3;1H/t15-;/m1./s1. The monoisotopic (exact) mass is 296 g/mol. The van der Waals surface area contributed by atoms with Crippen LogP contribution in [0.25, 0.3) is 0 Å². The van der Waals surface area contributed by atoms with E-state index in [-0.39, 0.29) is 24.4 Å². The number of amides is 1. The first-order chi connectivity index (χ1) is 9.15. The van der Waals surface area contributed by atoms with Crippen LogP contribution in [0.5, 0.6) is 0 Å². The molecule has 1 atom stereocenters. The lowest BCUT2D eigenvalue weighted by Crippen LogP contribution is -2.31. The van der Waals surface area contributed by atoms with Crippen molar-refractivity contribution in [2.24, 2.45) is 5.73 Å². The minimum Gasteiger partial charge on any atom is -0.341 e. The molecule has 1 aliphatic rings. The fourth-order valence-corrected chi connectivity index (χ4v) is 2.53. The molecule has 1 saturated heterocycles. The van der Waals surface area contributed by atoms with Crippen LogP contribution in [0.1, 0.15) is 36.8 Å². The molecule has 3 nitrogen and oxygen atoms in total. The van der Waals surface area contributed by atoms with E-state index < -0.39 is 0 Å². The summed E-state index contributed by atoms with van der Waals surface area (Å²) in [6, 6.07) is 8.84. The second kappa shape index (κ2) is 8.28. The molecule has 1 heterocycles. The Hall–Kier alpha value is -1.06.